The Morgan fingerprint density at radius 3 is 2.71 bits per heavy atom. The number of aryl methyl sites for hydroxylation is 1. The molecular formula is C21H19N3O2S2. The van der Waals surface area contributed by atoms with Gasteiger partial charge in [-0.2, -0.15) is 0 Å². The Labute approximate surface area is 171 Å². The number of thioether (sulfide) groups is 1. The molecule has 2 aromatic carbocycles. The summed E-state index contributed by atoms with van der Waals surface area (Å²) in [5, 5.41) is 3.28. The molecule has 0 saturated carbocycles. The largest absolute Gasteiger partial charge is 0.431 e. The van der Waals surface area contributed by atoms with E-state index in [1.54, 1.807) is 11.8 Å². The number of anilines is 2. The lowest BCUT2D eigenvalue weighted by Gasteiger charge is -2.20. The van der Waals surface area contributed by atoms with E-state index in [1.165, 1.54) is 23.1 Å². The van der Waals surface area contributed by atoms with Gasteiger partial charge in [0, 0.05) is 18.1 Å². The van der Waals surface area contributed by atoms with Gasteiger partial charge in [0.15, 0.2) is 10.7 Å². The van der Waals surface area contributed by atoms with E-state index in [1.807, 2.05) is 53.9 Å². The molecular weight excluding hydrogens is 390 g/mol. The fraction of sp³-hybridized carbons (Fsp3) is 0.190. The minimum atomic E-state index is -0.0478. The van der Waals surface area contributed by atoms with Gasteiger partial charge in [0.05, 0.1) is 11.4 Å². The summed E-state index contributed by atoms with van der Waals surface area (Å²) in [5.74, 6) is 0.582. The van der Waals surface area contributed by atoms with Gasteiger partial charge in [0.2, 0.25) is 5.91 Å². The molecule has 0 aliphatic heterocycles. The van der Waals surface area contributed by atoms with Crippen molar-refractivity contribution in [1.29, 1.82) is 0 Å². The maximum atomic E-state index is 12.4. The number of para-hydroxylation sites is 3. The standard InChI is InChI=1S/C21H19N3O2S2/c1-3-15-8-4-6-10-18(15)24(14(2)25)20-22-16(12-27-20)13-28-21-23-17-9-5-7-11-19(17)26-21/h4-12H,3,13H2,1-2H3. The van der Waals surface area contributed by atoms with E-state index in [9.17, 15) is 4.79 Å². The summed E-state index contributed by atoms with van der Waals surface area (Å²) in [4.78, 5) is 23.2. The van der Waals surface area contributed by atoms with Crippen LogP contribution in [0.25, 0.3) is 11.1 Å². The second-order valence-electron chi connectivity index (χ2n) is 6.19. The Morgan fingerprint density at radius 2 is 1.93 bits per heavy atom. The minimum Gasteiger partial charge on any atom is -0.431 e. The van der Waals surface area contributed by atoms with Gasteiger partial charge in [-0.3, -0.25) is 9.69 Å². The molecule has 0 fully saturated rings. The quantitative estimate of drug-likeness (QED) is 0.375. The number of rotatable bonds is 6. The molecule has 2 aromatic heterocycles. The highest BCUT2D eigenvalue weighted by Crippen LogP contribution is 2.33. The van der Waals surface area contributed by atoms with Gasteiger partial charge < -0.3 is 4.42 Å². The number of carbonyl (C=O) groups is 1. The number of benzene rings is 2. The first-order chi connectivity index (χ1) is 13.7. The first-order valence-corrected chi connectivity index (χ1v) is 10.8. The lowest BCUT2D eigenvalue weighted by atomic mass is 10.1. The first kappa shape index (κ1) is 18.7. The molecule has 28 heavy (non-hydrogen) atoms. The van der Waals surface area contributed by atoms with Gasteiger partial charge >= 0.3 is 0 Å². The third kappa shape index (κ3) is 3.81. The third-order valence-electron chi connectivity index (χ3n) is 4.28. The third-order valence-corrected chi connectivity index (χ3v) is 6.01. The number of amides is 1. The molecule has 0 unspecified atom stereocenters. The minimum absolute atomic E-state index is 0.0478. The summed E-state index contributed by atoms with van der Waals surface area (Å²) in [6, 6.07) is 15.7. The monoisotopic (exact) mass is 409 g/mol. The van der Waals surface area contributed by atoms with Crippen molar-refractivity contribution >= 4 is 50.9 Å². The van der Waals surface area contributed by atoms with Crippen LogP contribution >= 0.6 is 23.1 Å². The van der Waals surface area contributed by atoms with E-state index in [4.69, 9.17) is 4.42 Å². The van der Waals surface area contributed by atoms with Crippen molar-refractivity contribution in [3.63, 3.8) is 0 Å². The van der Waals surface area contributed by atoms with Crippen molar-refractivity contribution in [3.05, 3.63) is 65.2 Å². The zero-order valence-electron chi connectivity index (χ0n) is 15.6. The highest BCUT2D eigenvalue weighted by molar-refractivity contribution is 7.98. The zero-order valence-corrected chi connectivity index (χ0v) is 17.2. The van der Waals surface area contributed by atoms with E-state index >= 15 is 0 Å². The molecule has 0 radical (unpaired) electrons. The molecule has 0 aliphatic rings. The van der Waals surface area contributed by atoms with Gasteiger partial charge in [0.1, 0.15) is 5.52 Å². The number of thiazole rings is 1. The first-order valence-electron chi connectivity index (χ1n) is 8.97. The van der Waals surface area contributed by atoms with E-state index in [2.05, 4.69) is 16.9 Å². The van der Waals surface area contributed by atoms with Crippen molar-refractivity contribution in [1.82, 2.24) is 9.97 Å². The molecule has 0 bridgehead atoms. The van der Waals surface area contributed by atoms with Crippen LogP contribution in [0.1, 0.15) is 25.1 Å². The molecule has 2 heterocycles. The van der Waals surface area contributed by atoms with Crippen LogP contribution in [0.15, 0.2) is 63.6 Å². The molecule has 7 heteroatoms. The van der Waals surface area contributed by atoms with Gasteiger partial charge in [-0.15, -0.1) is 11.3 Å². The van der Waals surface area contributed by atoms with Crippen LogP contribution in [0.5, 0.6) is 0 Å². The van der Waals surface area contributed by atoms with Gasteiger partial charge in [0.25, 0.3) is 5.22 Å². The van der Waals surface area contributed by atoms with Crippen molar-refractivity contribution in [2.45, 2.75) is 31.2 Å². The number of oxazole rings is 1. The number of nitrogens with zero attached hydrogens (tertiary/aromatic N) is 3. The maximum Gasteiger partial charge on any atom is 0.257 e. The van der Waals surface area contributed by atoms with Crippen LogP contribution in [0, 0.1) is 0 Å². The lowest BCUT2D eigenvalue weighted by molar-refractivity contribution is -0.115. The number of fused-ring (bicyclic) bond motifs is 1. The van der Waals surface area contributed by atoms with Gasteiger partial charge in [-0.25, -0.2) is 9.97 Å². The van der Waals surface area contributed by atoms with Gasteiger partial charge in [-0.1, -0.05) is 49.0 Å². The second-order valence-corrected chi connectivity index (χ2v) is 7.96. The summed E-state index contributed by atoms with van der Waals surface area (Å²) >= 11 is 2.97. The number of carbonyl (C=O) groups excluding carboxylic acids is 1. The lowest BCUT2D eigenvalue weighted by Crippen LogP contribution is -2.23. The fourth-order valence-corrected chi connectivity index (χ4v) is 4.67. The van der Waals surface area contributed by atoms with E-state index in [0.717, 1.165) is 34.5 Å². The SMILES string of the molecule is CCc1ccccc1N(C(C)=O)c1nc(CSc2nc3ccccc3o2)cs1. The summed E-state index contributed by atoms with van der Waals surface area (Å²) in [5.41, 5.74) is 4.54. The smallest absolute Gasteiger partial charge is 0.257 e. The summed E-state index contributed by atoms with van der Waals surface area (Å²) in [6.07, 6.45) is 0.853. The summed E-state index contributed by atoms with van der Waals surface area (Å²) in [6.45, 7) is 3.65. The number of hydrogen-bond donors (Lipinski definition) is 0. The van der Waals surface area contributed by atoms with Crippen molar-refractivity contribution in [2.24, 2.45) is 0 Å². The van der Waals surface area contributed by atoms with E-state index in [-0.39, 0.29) is 5.91 Å². The molecule has 5 nitrogen and oxygen atoms in total. The Hall–Kier alpha value is -2.64. The fourth-order valence-electron chi connectivity index (χ4n) is 2.95. The Balaban J connectivity index is 1.54. The van der Waals surface area contributed by atoms with E-state index in [0.29, 0.717) is 16.1 Å². The molecule has 0 aliphatic carbocycles. The molecule has 0 N–H and O–H groups in total. The molecule has 142 valence electrons. The van der Waals surface area contributed by atoms with Crippen LogP contribution in [0.2, 0.25) is 0 Å². The summed E-state index contributed by atoms with van der Waals surface area (Å²) < 4.78 is 5.74. The van der Waals surface area contributed by atoms with Gasteiger partial charge in [-0.05, 0) is 30.2 Å². The Bertz CT molecular complexity index is 1090. The predicted molar refractivity (Wildman–Crippen MR) is 114 cm³/mol. The Kier molecular flexibility index (Phi) is 5.45. The molecule has 0 saturated heterocycles. The highest BCUT2D eigenvalue weighted by atomic mass is 32.2. The maximum absolute atomic E-state index is 12.4. The molecule has 1 amide bonds. The van der Waals surface area contributed by atoms with Crippen LogP contribution in [-0.4, -0.2) is 15.9 Å². The van der Waals surface area contributed by atoms with Crippen LogP contribution in [-0.2, 0) is 17.0 Å². The van der Waals surface area contributed by atoms with Crippen LogP contribution in [0.4, 0.5) is 10.8 Å². The molecule has 0 spiro atoms. The van der Waals surface area contributed by atoms with E-state index < -0.39 is 0 Å². The van der Waals surface area contributed by atoms with Crippen molar-refractivity contribution < 1.29 is 9.21 Å². The molecule has 0 atom stereocenters. The zero-order chi connectivity index (χ0) is 19.5. The van der Waals surface area contributed by atoms with Crippen LogP contribution in [0.3, 0.4) is 0 Å². The highest BCUT2D eigenvalue weighted by Gasteiger charge is 2.20. The van der Waals surface area contributed by atoms with Crippen LogP contribution < -0.4 is 4.90 Å². The second kappa shape index (κ2) is 8.16. The average Bonchev–Trinajstić information content (AvgIpc) is 3.33. The number of hydrogen-bond acceptors (Lipinski definition) is 6. The molecule has 4 aromatic rings. The topological polar surface area (TPSA) is 59.2 Å². The molecule has 4 rings (SSSR count). The predicted octanol–water partition coefficient (Wildman–Crippen LogP) is 5.82. The number of aromatic nitrogens is 2. The van der Waals surface area contributed by atoms with Crippen molar-refractivity contribution in [2.75, 3.05) is 4.90 Å². The average molecular weight is 410 g/mol. The normalized spacial score (nSPS) is 11.1. The Morgan fingerprint density at radius 1 is 1.14 bits per heavy atom. The summed E-state index contributed by atoms with van der Waals surface area (Å²) in [7, 11) is 0. The van der Waals surface area contributed by atoms with Crippen molar-refractivity contribution in [3.8, 4) is 0 Å².